The van der Waals surface area contributed by atoms with Crippen LogP contribution >= 0.6 is 0 Å². The summed E-state index contributed by atoms with van der Waals surface area (Å²) >= 11 is 0. The standard InChI is InChI=1S/C13H16O3/c1-5-9(2)8-10(3)11-6-7-12(15-4)13(14)16-11/h1,7-8,10-11H,6H2,2-4H3/b9-8+/t10-,11-/m0/s1. The lowest BCUT2D eigenvalue weighted by Gasteiger charge is -2.25. The number of hydrogen-bond donors (Lipinski definition) is 0. The highest BCUT2D eigenvalue weighted by atomic mass is 16.6. The zero-order valence-corrected chi connectivity index (χ0v) is 9.82. The predicted molar refractivity (Wildman–Crippen MR) is 61.3 cm³/mol. The van der Waals surface area contributed by atoms with E-state index in [0.717, 1.165) is 5.57 Å². The molecule has 0 unspecified atom stereocenters. The molecule has 0 N–H and O–H groups in total. The van der Waals surface area contributed by atoms with Crippen LogP contribution in [0.1, 0.15) is 20.3 Å². The van der Waals surface area contributed by atoms with Gasteiger partial charge in [0.1, 0.15) is 6.10 Å². The molecule has 0 aromatic rings. The number of ether oxygens (including phenoxy) is 2. The van der Waals surface area contributed by atoms with Crippen LogP contribution < -0.4 is 0 Å². The molecule has 1 aliphatic rings. The first kappa shape index (κ1) is 12.4. The number of hydrogen-bond acceptors (Lipinski definition) is 3. The lowest BCUT2D eigenvalue weighted by atomic mass is 9.97. The SMILES string of the molecule is C#C/C(C)=C/[C@H](C)[C@@H]1CC=C(OC)C(=O)O1. The van der Waals surface area contributed by atoms with Crippen molar-refractivity contribution >= 4 is 5.97 Å². The maximum Gasteiger partial charge on any atom is 0.373 e. The van der Waals surface area contributed by atoms with Gasteiger partial charge in [0.25, 0.3) is 0 Å². The van der Waals surface area contributed by atoms with E-state index in [0.29, 0.717) is 6.42 Å². The Bertz CT molecular complexity index is 371. The zero-order chi connectivity index (χ0) is 12.1. The molecule has 86 valence electrons. The van der Waals surface area contributed by atoms with Crippen LogP contribution in [-0.4, -0.2) is 19.2 Å². The molecule has 16 heavy (non-hydrogen) atoms. The fourth-order valence-electron chi connectivity index (χ4n) is 1.59. The van der Waals surface area contributed by atoms with Gasteiger partial charge in [-0.05, 0) is 18.6 Å². The number of allylic oxidation sites excluding steroid dienone is 1. The fourth-order valence-corrected chi connectivity index (χ4v) is 1.59. The lowest BCUT2D eigenvalue weighted by molar-refractivity contribution is -0.151. The molecular weight excluding hydrogens is 204 g/mol. The maximum absolute atomic E-state index is 11.4. The average molecular weight is 220 g/mol. The summed E-state index contributed by atoms with van der Waals surface area (Å²) in [6, 6.07) is 0. The third kappa shape index (κ3) is 2.90. The highest BCUT2D eigenvalue weighted by molar-refractivity contribution is 5.87. The molecule has 0 aliphatic carbocycles. The maximum atomic E-state index is 11.4. The molecule has 1 aliphatic heterocycles. The van der Waals surface area contributed by atoms with Crippen molar-refractivity contribution in [2.24, 2.45) is 5.92 Å². The second-order valence-electron chi connectivity index (χ2n) is 3.81. The topological polar surface area (TPSA) is 35.5 Å². The van der Waals surface area contributed by atoms with Gasteiger partial charge in [0.15, 0.2) is 5.76 Å². The van der Waals surface area contributed by atoms with E-state index in [-0.39, 0.29) is 17.8 Å². The van der Waals surface area contributed by atoms with Crippen molar-refractivity contribution in [3.05, 3.63) is 23.5 Å². The minimum absolute atomic E-state index is 0.106. The predicted octanol–water partition coefficient (Wildman–Crippen LogP) is 2.05. The minimum Gasteiger partial charge on any atom is -0.490 e. The second kappa shape index (κ2) is 5.41. The average Bonchev–Trinajstić information content (AvgIpc) is 2.28. The van der Waals surface area contributed by atoms with E-state index in [1.165, 1.54) is 7.11 Å². The first-order chi connectivity index (χ1) is 7.58. The molecule has 2 atom stereocenters. The summed E-state index contributed by atoms with van der Waals surface area (Å²) in [6.07, 6.45) is 9.45. The van der Waals surface area contributed by atoms with Crippen molar-refractivity contribution in [2.75, 3.05) is 7.11 Å². The van der Waals surface area contributed by atoms with Gasteiger partial charge in [-0.2, -0.15) is 0 Å². The molecule has 0 amide bonds. The minimum atomic E-state index is -0.405. The Labute approximate surface area is 96.1 Å². The van der Waals surface area contributed by atoms with Crippen LogP contribution in [0.3, 0.4) is 0 Å². The summed E-state index contributed by atoms with van der Waals surface area (Å²) < 4.78 is 10.1. The van der Waals surface area contributed by atoms with Crippen LogP contribution in [0.5, 0.6) is 0 Å². The van der Waals surface area contributed by atoms with Crippen LogP contribution in [0.15, 0.2) is 23.5 Å². The number of carbonyl (C=O) groups excluding carboxylic acids is 1. The van der Waals surface area contributed by atoms with Crippen molar-refractivity contribution in [1.82, 2.24) is 0 Å². The molecular formula is C13H16O3. The van der Waals surface area contributed by atoms with Gasteiger partial charge in [-0.3, -0.25) is 0 Å². The van der Waals surface area contributed by atoms with Gasteiger partial charge in [-0.1, -0.05) is 18.9 Å². The summed E-state index contributed by atoms with van der Waals surface area (Å²) in [7, 11) is 1.46. The van der Waals surface area contributed by atoms with Gasteiger partial charge >= 0.3 is 5.97 Å². The Balaban J connectivity index is 2.70. The van der Waals surface area contributed by atoms with E-state index in [2.05, 4.69) is 5.92 Å². The molecule has 1 rings (SSSR count). The van der Waals surface area contributed by atoms with Crippen molar-refractivity contribution in [2.45, 2.75) is 26.4 Å². The van der Waals surface area contributed by atoms with Crippen LogP contribution in [-0.2, 0) is 14.3 Å². The third-order valence-corrected chi connectivity index (χ3v) is 2.54. The first-order valence-electron chi connectivity index (χ1n) is 5.18. The van der Waals surface area contributed by atoms with E-state index < -0.39 is 5.97 Å². The number of cyclic esters (lactones) is 1. The van der Waals surface area contributed by atoms with Crippen LogP contribution in [0, 0.1) is 18.3 Å². The van der Waals surface area contributed by atoms with Crippen molar-refractivity contribution in [3.63, 3.8) is 0 Å². The number of carbonyl (C=O) groups is 1. The summed E-state index contributed by atoms with van der Waals surface area (Å²) in [5.74, 6) is 2.53. The number of methoxy groups -OCH3 is 1. The van der Waals surface area contributed by atoms with Crippen LogP contribution in [0.2, 0.25) is 0 Å². The van der Waals surface area contributed by atoms with Crippen molar-refractivity contribution in [3.8, 4) is 12.3 Å². The zero-order valence-electron chi connectivity index (χ0n) is 9.82. The van der Waals surface area contributed by atoms with Gasteiger partial charge in [0.05, 0.1) is 7.11 Å². The monoisotopic (exact) mass is 220 g/mol. The first-order valence-corrected chi connectivity index (χ1v) is 5.18. The fraction of sp³-hybridized carbons (Fsp3) is 0.462. The number of terminal acetylenes is 1. The third-order valence-electron chi connectivity index (χ3n) is 2.54. The summed E-state index contributed by atoms with van der Waals surface area (Å²) in [5.41, 5.74) is 0.852. The van der Waals surface area contributed by atoms with E-state index in [4.69, 9.17) is 15.9 Å². The van der Waals surface area contributed by atoms with Gasteiger partial charge in [-0.25, -0.2) is 4.79 Å². The van der Waals surface area contributed by atoms with Crippen molar-refractivity contribution < 1.29 is 14.3 Å². The van der Waals surface area contributed by atoms with Crippen LogP contribution in [0.25, 0.3) is 0 Å². The van der Waals surface area contributed by atoms with Gasteiger partial charge in [0.2, 0.25) is 0 Å². The number of rotatable bonds is 3. The summed E-state index contributed by atoms with van der Waals surface area (Å²) in [6.45, 7) is 3.84. The van der Waals surface area contributed by atoms with Gasteiger partial charge < -0.3 is 9.47 Å². The Morgan fingerprint density at radius 2 is 2.50 bits per heavy atom. The van der Waals surface area contributed by atoms with Gasteiger partial charge in [-0.15, -0.1) is 6.42 Å². The Hall–Kier alpha value is -1.69. The summed E-state index contributed by atoms with van der Waals surface area (Å²) in [5, 5.41) is 0. The molecule has 0 spiro atoms. The normalized spacial score (nSPS) is 22.9. The Kier molecular flexibility index (Phi) is 4.19. The van der Waals surface area contributed by atoms with E-state index >= 15 is 0 Å². The lowest BCUT2D eigenvalue weighted by Crippen LogP contribution is -2.29. The molecule has 0 radical (unpaired) electrons. The molecule has 0 aromatic heterocycles. The van der Waals surface area contributed by atoms with Gasteiger partial charge in [0, 0.05) is 12.3 Å². The molecule has 3 heteroatoms. The quantitative estimate of drug-likeness (QED) is 0.539. The van der Waals surface area contributed by atoms with Crippen LogP contribution in [0.4, 0.5) is 0 Å². The smallest absolute Gasteiger partial charge is 0.373 e. The molecule has 3 nitrogen and oxygen atoms in total. The second-order valence-corrected chi connectivity index (χ2v) is 3.81. The molecule has 0 bridgehead atoms. The van der Waals surface area contributed by atoms with E-state index in [9.17, 15) is 4.79 Å². The Morgan fingerprint density at radius 1 is 1.81 bits per heavy atom. The van der Waals surface area contributed by atoms with Crippen molar-refractivity contribution in [1.29, 1.82) is 0 Å². The Morgan fingerprint density at radius 3 is 3.00 bits per heavy atom. The number of esters is 1. The molecule has 0 saturated carbocycles. The molecule has 1 heterocycles. The molecule has 0 fully saturated rings. The summed E-state index contributed by atoms with van der Waals surface area (Å²) in [4.78, 5) is 11.4. The molecule has 0 saturated heterocycles. The van der Waals surface area contributed by atoms with E-state index in [1.54, 1.807) is 6.08 Å². The largest absolute Gasteiger partial charge is 0.490 e. The van der Waals surface area contributed by atoms with E-state index in [1.807, 2.05) is 19.9 Å². The highest BCUT2D eigenvalue weighted by Gasteiger charge is 2.26. The highest BCUT2D eigenvalue weighted by Crippen LogP contribution is 2.22. The molecule has 0 aromatic carbocycles.